The van der Waals surface area contributed by atoms with Crippen molar-refractivity contribution in [2.45, 2.75) is 58.6 Å². The summed E-state index contributed by atoms with van der Waals surface area (Å²) in [4.78, 5) is 26.1. The molecule has 0 aliphatic carbocycles. The predicted molar refractivity (Wildman–Crippen MR) is 123 cm³/mol. The first-order valence-electron chi connectivity index (χ1n) is 11.2. The lowest BCUT2D eigenvalue weighted by Crippen LogP contribution is -2.35. The van der Waals surface area contributed by atoms with Crippen LogP contribution in [0, 0.1) is 11.6 Å². The molecule has 0 saturated carbocycles. The first kappa shape index (κ1) is 26.3. The van der Waals surface area contributed by atoms with Crippen LogP contribution in [0.2, 0.25) is 0 Å². The molecule has 2 amide bonds. The molecule has 33 heavy (non-hydrogen) atoms. The zero-order valence-electron chi connectivity index (χ0n) is 19.4. The molecule has 0 radical (unpaired) electrons. The molecule has 1 unspecified atom stereocenters. The number of carbonyl (C=O) groups excluding carboxylic acids is 1. The summed E-state index contributed by atoms with van der Waals surface area (Å²) < 4.78 is 32.6. The van der Waals surface area contributed by atoms with Crippen LogP contribution >= 0.6 is 0 Å². The third-order valence-corrected chi connectivity index (χ3v) is 5.50. The fourth-order valence-electron chi connectivity index (χ4n) is 3.53. The number of rotatable bonds is 12. The Morgan fingerprint density at radius 2 is 1.82 bits per heavy atom. The quantitative estimate of drug-likeness (QED) is 0.359. The van der Waals surface area contributed by atoms with Gasteiger partial charge in [-0.15, -0.1) is 0 Å². The minimum Gasteiger partial charge on any atom is -0.478 e. The maximum atomic E-state index is 14.1. The number of hydrogen-bond acceptors (Lipinski definition) is 3. The molecule has 0 aliphatic heterocycles. The van der Waals surface area contributed by atoms with Crippen LogP contribution in [0.1, 0.15) is 73.5 Å². The van der Waals surface area contributed by atoms with E-state index in [1.54, 1.807) is 24.0 Å². The third kappa shape index (κ3) is 7.82. The average molecular weight is 463 g/mol. The van der Waals surface area contributed by atoms with Gasteiger partial charge in [-0.1, -0.05) is 44.7 Å². The third-order valence-electron chi connectivity index (χ3n) is 5.50. The lowest BCUT2D eigenvalue weighted by atomic mass is 9.99. The first-order valence-corrected chi connectivity index (χ1v) is 11.2. The average Bonchev–Trinajstić information content (AvgIpc) is 2.79. The molecule has 2 aromatic rings. The molecule has 8 heteroatoms. The van der Waals surface area contributed by atoms with Crippen LogP contribution in [-0.2, 0) is 11.3 Å². The van der Waals surface area contributed by atoms with Crippen LogP contribution in [0.4, 0.5) is 19.3 Å². The number of anilines is 1. The minimum atomic E-state index is -1.06. The molecular formula is C25H32F2N2O4. The highest BCUT2D eigenvalue weighted by Crippen LogP contribution is 2.24. The summed E-state index contributed by atoms with van der Waals surface area (Å²) >= 11 is 0. The second-order valence-corrected chi connectivity index (χ2v) is 7.99. The zero-order valence-corrected chi connectivity index (χ0v) is 19.4. The van der Waals surface area contributed by atoms with Crippen molar-refractivity contribution in [3.05, 3.63) is 64.7 Å². The molecule has 0 saturated heterocycles. The Hall–Kier alpha value is -3.00. The van der Waals surface area contributed by atoms with Gasteiger partial charge in [-0.25, -0.2) is 18.4 Å². The number of carbonyl (C=O) groups is 2. The van der Waals surface area contributed by atoms with E-state index in [9.17, 15) is 23.5 Å². The summed E-state index contributed by atoms with van der Waals surface area (Å²) in [5, 5.41) is 12.0. The standard InChI is InChI=1S/C25H32F2N2O4/c1-4-5-6-7-8-13-29(25(32)28-23-12-10-19(26)15-22(23)27)16-18-9-11-20(24(30)31)21(14-18)17(2)33-3/h9-12,14-15,17H,4-8,13,16H2,1-3H3,(H,28,32)(H,30,31). The molecule has 0 aliphatic rings. The Morgan fingerprint density at radius 1 is 1.09 bits per heavy atom. The van der Waals surface area contributed by atoms with E-state index in [-0.39, 0.29) is 17.8 Å². The highest BCUT2D eigenvalue weighted by molar-refractivity contribution is 5.90. The molecule has 6 nitrogen and oxygen atoms in total. The van der Waals surface area contributed by atoms with Crippen molar-refractivity contribution in [1.82, 2.24) is 4.90 Å². The van der Waals surface area contributed by atoms with E-state index in [0.717, 1.165) is 43.7 Å². The Morgan fingerprint density at radius 3 is 2.45 bits per heavy atom. The van der Waals surface area contributed by atoms with Crippen LogP contribution in [0.25, 0.3) is 0 Å². The minimum absolute atomic E-state index is 0.104. The molecule has 2 aromatic carbocycles. The van der Waals surface area contributed by atoms with E-state index in [1.165, 1.54) is 19.2 Å². The van der Waals surface area contributed by atoms with Crippen LogP contribution in [-0.4, -0.2) is 35.7 Å². The van der Waals surface area contributed by atoms with Crippen LogP contribution in [0.3, 0.4) is 0 Å². The fraction of sp³-hybridized carbons (Fsp3) is 0.440. The van der Waals surface area contributed by atoms with E-state index in [4.69, 9.17) is 4.74 Å². The van der Waals surface area contributed by atoms with E-state index in [1.807, 2.05) is 0 Å². The van der Waals surface area contributed by atoms with Gasteiger partial charge in [-0.2, -0.15) is 0 Å². The lowest BCUT2D eigenvalue weighted by molar-refractivity contribution is 0.0683. The number of nitrogens with zero attached hydrogens (tertiary/aromatic N) is 1. The van der Waals surface area contributed by atoms with Crippen LogP contribution in [0.15, 0.2) is 36.4 Å². The Labute approximate surface area is 193 Å². The largest absolute Gasteiger partial charge is 0.478 e. The number of hydrogen-bond donors (Lipinski definition) is 2. The number of aromatic carboxylic acids is 1. The summed E-state index contributed by atoms with van der Waals surface area (Å²) in [6, 6.07) is 7.34. The summed E-state index contributed by atoms with van der Waals surface area (Å²) in [5.41, 5.74) is 1.27. The van der Waals surface area contributed by atoms with E-state index >= 15 is 0 Å². The van der Waals surface area contributed by atoms with E-state index in [2.05, 4.69) is 12.2 Å². The zero-order chi connectivity index (χ0) is 24.4. The van der Waals surface area contributed by atoms with Crippen molar-refractivity contribution in [2.75, 3.05) is 19.0 Å². The van der Waals surface area contributed by atoms with Gasteiger partial charge in [0, 0.05) is 26.3 Å². The van der Waals surface area contributed by atoms with Gasteiger partial charge in [0.25, 0.3) is 0 Å². The van der Waals surface area contributed by atoms with Gasteiger partial charge in [0.1, 0.15) is 11.6 Å². The topological polar surface area (TPSA) is 78.9 Å². The van der Waals surface area contributed by atoms with Crippen LogP contribution in [0.5, 0.6) is 0 Å². The van der Waals surface area contributed by atoms with Crippen molar-refractivity contribution in [3.8, 4) is 0 Å². The molecule has 0 aromatic heterocycles. The van der Waals surface area contributed by atoms with Crippen molar-refractivity contribution < 1.29 is 28.2 Å². The lowest BCUT2D eigenvalue weighted by Gasteiger charge is -2.24. The van der Waals surface area contributed by atoms with Gasteiger partial charge >= 0.3 is 12.0 Å². The van der Waals surface area contributed by atoms with Crippen molar-refractivity contribution in [1.29, 1.82) is 0 Å². The number of unbranched alkanes of at least 4 members (excludes halogenated alkanes) is 4. The number of benzene rings is 2. The number of carboxylic acid groups (broad SMARTS) is 1. The Balaban J connectivity index is 2.23. The van der Waals surface area contributed by atoms with Crippen LogP contribution < -0.4 is 5.32 Å². The first-order chi connectivity index (χ1) is 15.8. The molecule has 1 atom stereocenters. The monoisotopic (exact) mass is 462 g/mol. The second kappa shape index (κ2) is 12.9. The molecule has 0 fully saturated rings. The normalized spacial score (nSPS) is 11.8. The summed E-state index contributed by atoms with van der Waals surface area (Å²) in [6.45, 7) is 4.51. The maximum absolute atomic E-state index is 14.1. The van der Waals surface area contributed by atoms with Crippen molar-refractivity contribution in [2.24, 2.45) is 0 Å². The van der Waals surface area contributed by atoms with Crippen molar-refractivity contribution >= 4 is 17.7 Å². The fourth-order valence-corrected chi connectivity index (χ4v) is 3.53. The highest BCUT2D eigenvalue weighted by Gasteiger charge is 2.20. The molecule has 180 valence electrons. The Kier molecular flexibility index (Phi) is 10.3. The number of carboxylic acids is 1. The number of urea groups is 1. The van der Waals surface area contributed by atoms with Gasteiger partial charge in [-0.3, -0.25) is 0 Å². The van der Waals surface area contributed by atoms with E-state index in [0.29, 0.717) is 18.2 Å². The number of methoxy groups -OCH3 is 1. The second-order valence-electron chi connectivity index (χ2n) is 7.99. The molecule has 0 spiro atoms. The molecule has 2 rings (SSSR count). The summed E-state index contributed by atoms with van der Waals surface area (Å²) in [7, 11) is 1.50. The summed E-state index contributed by atoms with van der Waals surface area (Å²) in [5.74, 6) is -2.64. The summed E-state index contributed by atoms with van der Waals surface area (Å²) in [6.07, 6.45) is 4.55. The SMILES string of the molecule is CCCCCCCN(Cc1ccc(C(=O)O)c(C(C)OC)c1)C(=O)Nc1ccc(F)cc1F. The van der Waals surface area contributed by atoms with Gasteiger partial charge in [0.2, 0.25) is 0 Å². The molecule has 0 heterocycles. The number of halogens is 2. The van der Waals surface area contributed by atoms with Gasteiger partial charge in [0.15, 0.2) is 0 Å². The Bertz CT molecular complexity index is 952. The number of amides is 2. The number of nitrogens with one attached hydrogen (secondary N) is 1. The molecule has 0 bridgehead atoms. The van der Waals surface area contributed by atoms with Crippen molar-refractivity contribution in [3.63, 3.8) is 0 Å². The van der Waals surface area contributed by atoms with Gasteiger partial charge in [-0.05, 0) is 42.7 Å². The smallest absolute Gasteiger partial charge is 0.336 e. The number of ether oxygens (including phenoxy) is 1. The van der Waals surface area contributed by atoms with Gasteiger partial charge < -0.3 is 20.1 Å². The predicted octanol–water partition coefficient (Wildman–Crippen LogP) is 6.37. The van der Waals surface area contributed by atoms with Gasteiger partial charge in [0.05, 0.1) is 17.4 Å². The van der Waals surface area contributed by atoms with E-state index < -0.39 is 29.7 Å². The molecule has 2 N–H and O–H groups in total. The molecular weight excluding hydrogens is 430 g/mol. The maximum Gasteiger partial charge on any atom is 0.336 e. The highest BCUT2D eigenvalue weighted by atomic mass is 19.1.